The van der Waals surface area contributed by atoms with Gasteiger partial charge in [0.25, 0.3) is 0 Å². The molecule has 0 bridgehead atoms. The van der Waals surface area contributed by atoms with E-state index in [9.17, 15) is 9.18 Å². The van der Waals surface area contributed by atoms with Crippen LogP contribution in [0.15, 0.2) is 60.7 Å². The first-order valence-corrected chi connectivity index (χ1v) is 11.7. The Hall–Kier alpha value is -3.54. The largest absolute Gasteiger partial charge is 0.493 e. The van der Waals surface area contributed by atoms with Crippen LogP contribution < -0.4 is 14.8 Å². The minimum absolute atomic E-state index is 0.101. The molecule has 0 spiro atoms. The van der Waals surface area contributed by atoms with E-state index in [2.05, 4.69) is 11.4 Å². The van der Waals surface area contributed by atoms with Crippen molar-refractivity contribution in [3.63, 3.8) is 0 Å². The van der Waals surface area contributed by atoms with Crippen LogP contribution in [0, 0.1) is 11.7 Å². The highest BCUT2D eigenvalue weighted by atomic mass is 19.1. The lowest BCUT2D eigenvalue weighted by Gasteiger charge is -2.38. The molecule has 5 nitrogen and oxygen atoms in total. The molecule has 176 valence electrons. The van der Waals surface area contributed by atoms with Crippen LogP contribution in [-0.2, 0) is 30.6 Å². The zero-order valence-corrected chi connectivity index (χ0v) is 19.5. The molecule has 0 aliphatic carbocycles. The van der Waals surface area contributed by atoms with Crippen molar-refractivity contribution in [3.8, 4) is 11.5 Å². The van der Waals surface area contributed by atoms with Crippen LogP contribution in [0.2, 0.25) is 0 Å². The van der Waals surface area contributed by atoms with Gasteiger partial charge < -0.3 is 19.7 Å². The number of carbonyl (C=O) groups is 1. The van der Waals surface area contributed by atoms with Crippen LogP contribution in [0.4, 0.5) is 10.1 Å². The molecule has 2 heterocycles. The Bertz CT molecular complexity index is 1210. The molecule has 5 rings (SSSR count). The number of fused-ring (bicyclic) bond motifs is 2. The SMILES string of the molecule is COc1cc2c(cc1OC)CN(C(=O)C1Cc3ccccc3NC1Cc1ccccc1F)CC2. The first kappa shape index (κ1) is 22.3. The minimum Gasteiger partial charge on any atom is -0.493 e. The van der Waals surface area contributed by atoms with E-state index in [4.69, 9.17) is 9.47 Å². The molecule has 0 saturated heterocycles. The number of anilines is 1. The summed E-state index contributed by atoms with van der Waals surface area (Å²) in [6.45, 7) is 1.17. The maximum absolute atomic E-state index is 14.5. The van der Waals surface area contributed by atoms with E-state index in [1.54, 1.807) is 26.4 Å². The lowest BCUT2D eigenvalue weighted by atomic mass is 9.82. The smallest absolute Gasteiger partial charge is 0.228 e. The lowest BCUT2D eigenvalue weighted by Crippen LogP contribution is -2.48. The zero-order chi connectivity index (χ0) is 23.7. The molecule has 0 saturated carbocycles. The van der Waals surface area contributed by atoms with Gasteiger partial charge in [-0.3, -0.25) is 4.79 Å². The molecule has 2 aliphatic rings. The Kier molecular flexibility index (Phi) is 6.14. The number of nitrogens with zero attached hydrogens (tertiary/aromatic N) is 1. The van der Waals surface area contributed by atoms with Crippen molar-refractivity contribution in [2.45, 2.75) is 31.8 Å². The quantitative estimate of drug-likeness (QED) is 0.604. The number of hydrogen-bond acceptors (Lipinski definition) is 4. The van der Waals surface area contributed by atoms with Crippen LogP contribution in [0.5, 0.6) is 11.5 Å². The second kappa shape index (κ2) is 9.37. The number of halogens is 1. The molecular formula is C28H29FN2O3. The van der Waals surface area contributed by atoms with Gasteiger partial charge in [0, 0.05) is 24.8 Å². The van der Waals surface area contributed by atoms with Crippen LogP contribution >= 0.6 is 0 Å². The van der Waals surface area contributed by atoms with E-state index >= 15 is 0 Å². The molecule has 0 radical (unpaired) electrons. The second-order valence-electron chi connectivity index (χ2n) is 9.00. The summed E-state index contributed by atoms with van der Waals surface area (Å²) >= 11 is 0. The number of nitrogens with one attached hydrogen (secondary N) is 1. The standard InChI is InChI=1S/C28H29FN2O3/c1-33-26-15-18-11-12-31(17-21(18)16-27(26)34-2)28(32)22-13-20-8-4-6-10-24(20)30-25(22)14-19-7-3-5-9-23(19)29/h3-10,15-16,22,25,30H,11-14,17H2,1-2H3. The van der Waals surface area contributed by atoms with E-state index in [1.165, 1.54) is 11.6 Å². The third kappa shape index (κ3) is 4.20. The highest BCUT2D eigenvalue weighted by Crippen LogP contribution is 2.35. The maximum Gasteiger partial charge on any atom is 0.228 e. The Morgan fingerprint density at radius 3 is 2.47 bits per heavy atom. The molecule has 3 aromatic rings. The summed E-state index contributed by atoms with van der Waals surface area (Å²) in [7, 11) is 3.25. The molecule has 1 amide bonds. The number of amides is 1. The van der Waals surface area contributed by atoms with Gasteiger partial charge in [-0.25, -0.2) is 4.39 Å². The van der Waals surface area contributed by atoms with Crippen molar-refractivity contribution in [2.75, 3.05) is 26.1 Å². The average molecular weight is 461 g/mol. The molecule has 2 unspecified atom stereocenters. The summed E-state index contributed by atoms with van der Waals surface area (Å²) in [5.74, 6) is 0.961. The summed E-state index contributed by atoms with van der Waals surface area (Å²) in [5, 5.41) is 3.54. The second-order valence-corrected chi connectivity index (χ2v) is 9.00. The highest BCUT2D eigenvalue weighted by Gasteiger charge is 2.37. The van der Waals surface area contributed by atoms with Crippen molar-refractivity contribution >= 4 is 11.6 Å². The van der Waals surface area contributed by atoms with Crippen LogP contribution in [0.3, 0.4) is 0 Å². The van der Waals surface area contributed by atoms with Crippen LogP contribution in [0.25, 0.3) is 0 Å². The molecule has 0 aromatic heterocycles. The van der Waals surface area contributed by atoms with Gasteiger partial charge in [0.1, 0.15) is 5.82 Å². The van der Waals surface area contributed by atoms with Crippen molar-refractivity contribution in [2.24, 2.45) is 5.92 Å². The predicted molar refractivity (Wildman–Crippen MR) is 130 cm³/mol. The highest BCUT2D eigenvalue weighted by molar-refractivity contribution is 5.82. The molecule has 34 heavy (non-hydrogen) atoms. The van der Waals surface area contributed by atoms with Gasteiger partial charge in [0.05, 0.1) is 20.1 Å². The molecule has 1 N–H and O–H groups in total. The Morgan fingerprint density at radius 2 is 1.71 bits per heavy atom. The third-order valence-corrected chi connectivity index (χ3v) is 7.03. The lowest BCUT2D eigenvalue weighted by molar-refractivity contribution is -0.137. The predicted octanol–water partition coefficient (Wildman–Crippen LogP) is 4.62. The normalized spacial score (nSPS) is 19.0. The topological polar surface area (TPSA) is 50.8 Å². The number of para-hydroxylation sites is 1. The van der Waals surface area contributed by atoms with E-state index in [-0.39, 0.29) is 23.7 Å². The molecule has 2 atom stereocenters. The van der Waals surface area contributed by atoms with Crippen molar-refractivity contribution in [3.05, 3.63) is 88.7 Å². The summed E-state index contributed by atoms with van der Waals surface area (Å²) < 4.78 is 25.4. The van der Waals surface area contributed by atoms with Gasteiger partial charge >= 0.3 is 0 Å². The maximum atomic E-state index is 14.5. The minimum atomic E-state index is -0.281. The van der Waals surface area contributed by atoms with Crippen LogP contribution in [0.1, 0.15) is 22.3 Å². The number of hydrogen-bond donors (Lipinski definition) is 1. The van der Waals surface area contributed by atoms with E-state index in [0.29, 0.717) is 43.0 Å². The number of methoxy groups -OCH3 is 2. The van der Waals surface area contributed by atoms with Gasteiger partial charge in [-0.15, -0.1) is 0 Å². The van der Waals surface area contributed by atoms with Crippen LogP contribution in [-0.4, -0.2) is 37.6 Å². The fourth-order valence-corrected chi connectivity index (χ4v) is 5.18. The fourth-order valence-electron chi connectivity index (χ4n) is 5.18. The monoisotopic (exact) mass is 460 g/mol. The number of carbonyl (C=O) groups excluding carboxylic acids is 1. The fraction of sp³-hybridized carbons (Fsp3) is 0.321. The summed E-state index contributed by atoms with van der Waals surface area (Å²) in [5.41, 5.74) is 5.02. The average Bonchev–Trinajstić information content (AvgIpc) is 2.88. The van der Waals surface area contributed by atoms with Gasteiger partial charge in [-0.2, -0.15) is 0 Å². The van der Waals surface area contributed by atoms with E-state index in [1.807, 2.05) is 41.3 Å². The first-order chi connectivity index (χ1) is 16.6. The number of rotatable bonds is 5. The zero-order valence-electron chi connectivity index (χ0n) is 19.5. The Balaban J connectivity index is 1.42. The number of ether oxygens (including phenoxy) is 2. The molecule has 3 aromatic carbocycles. The first-order valence-electron chi connectivity index (χ1n) is 11.7. The van der Waals surface area contributed by atoms with Gasteiger partial charge in [-0.1, -0.05) is 36.4 Å². The van der Waals surface area contributed by atoms with Gasteiger partial charge in [0.2, 0.25) is 5.91 Å². The van der Waals surface area contributed by atoms with Gasteiger partial charge in [-0.05, 0) is 65.8 Å². The summed E-state index contributed by atoms with van der Waals surface area (Å²) in [4.78, 5) is 15.8. The van der Waals surface area contributed by atoms with Crippen molar-refractivity contribution < 1.29 is 18.7 Å². The van der Waals surface area contributed by atoms with E-state index < -0.39 is 0 Å². The molecule has 6 heteroatoms. The Labute approximate surface area is 199 Å². The van der Waals surface area contributed by atoms with E-state index in [0.717, 1.165) is 23.2 Å². The molecule has 2 aliphatic heterocycles. The molecule has 0 fully saturated rings. The Morgan fingerprint density at radius 1 is 1.00 bits per heavy atom. The number of benzene rings is 3. The molecular weight excluding hydrogens is 431 g/mol. The summed E-state index contributed by atoms with van der Waals surface area (Å²) in [6.07, 6.45) is 1.85. The van der Waals surface area contributed by atoms with Crippen molar-refractivity contribution in [1.29, 1.82) is 0 Å². The van der Waals surface area contributed by atoms with Gasteiger partial charge in [0.15, 0.2) is 11.5 Å². The third-order valence-electron chi connectivity index (χ3n) is 7.03. The van der Waals surface area contributed by atoms with Crippen molar-refractivity contribution in [1.82, 2.24) is 4.90 Å². The summed E-state index contributed by atoms with van der Waals surface area (Å²) in [6, 6.07) is 18.7.